The van der Waals surface area contributed by atoms with Gasteiger partial charge in [-0.15, -0.1) is 0 Å². The first-order chi connectivity index (χ1) is 5.54. The van der Waals surface area contributed by atoms with Crippen molar-refractivity contribution < 1.29 is 17.9 Å². The quantitative estimate of drug-likeness (QED) is 0.596. The van der Waals surface area contributed by atoms with Crippen LogP contribution in [0.3, 0.4) is 0 Å². The second-order valence-corrected chi connectivity index (χ2v) is 2.68. The molecular weight excluding hydrogens is 173 g/mol. The van der Waals surface area contributed by atoms with Gasteiger partial charge in [-0.25, -0.2) is 0 Å². The van der Waals surface area contributed by atoms with E-state index < -0.39 is 18.4 Å². The van der Waals surface area contributed by atoms with Gasteiger partial charge in [0.25, 0.3) is 0 Å². The van der Waals surface area contributed by atoms with E-state index in [0.717, 1.165) is 0 Å². The van der Waals surface area contributed by atoms with Gasteiger partial charge in [0.15, 0.2) is 6.10 Å². The van der Waals surface area contributed by atoms with Crippen molar-refractivity contribution in [3.63, 3.8) is 0 Å². The van der Waals surface area contributed by atoms with Gasteiger partial charge in [-0.1, -0.05) is 0 Å². The molecule has 1 saturated heterocycles. The summed E-state index contributed by atoms with van der Waals surface area (Å²) in [5.41, 5.74) is 5.18. The zero-order valence-electron chi connectivity index (χ0n) is 6.40. The molecule has 72 valence electrons. The van der Waals surface area contributed by atoms with E-state index in [9.17, 15) is 13.2 Å². The van der Waals surface area contributed by atoms with Gasteiger partial charge >= 0.3 is 6.18 Å². The summed E-state index contributed by atoms with van der Waals surface area (Å²) in [4.78, 5) is 0. The van der Waals surface area contributed by atoms with Crippen LogP contribution in [0.4, 0.5) is 13.2 Å². The molecule has 6 heteroatoms. The molecule has 0 spiro atoms. The number of alkyl halides is 3. The molecule has 1 rings (SSSR count). The summed E-state index contributed by atoms with van der Waals surface area (Å²) in [7, 11) is 0. The first-order valence-corrected chi connectivity index (χ1v) is 3.67. The number of hydrogen-bond donors (Lipinski definition) is 2. The Balaban J connectivity index is 2.46. The second-order valence-electron chi connectivity index (χ2n) is 2.68. The molecular formula is C6H11F3N2O. The van der Waals surface area contributed by atoms with Crippen molar-refractivity contribution in [2.45, 2.75) is 18.4 Å². The third-order valence-corrected chi connectivity index (χ3v) is 1.69. The predicted molar refractivity (Wildman–Crippen MR) is 36.6 cm³/mol. The van der Waals surface area contributed by atoms with E-state index in [1.54, 1.807) is 0 Å². The molecule has 1 heterocycles. The lowest BCUT2D eigenvalue weighted by molar-refractivity contribution is -0.238. The summed E-state index contributed by atoms with van der Waals surface area (Å²) in [5, 5.41) is 2.62. The van der Waals surface area contributed by atoms with Gasteiger partial charge < -0.3 is 15.8 Å². The van der Waals surface area contributed by atoms with Crippen LogP contribution in [0.25, 0.3) is 0 Å². The highest BCUT2D eigenvalue weighted by Crippen LogP contribution is 2.24. The first-order valence-electron chi connectivity index (χ1n) is 3.67. The fourth-order valence-electron chi connectivity index (χ4n) is 1.04. The molecule has 1 aliphatic heterocycles. The van der Waals surface area contributed by atoms with Gasteiger partial charge in [0, 0.05) is 19.6 Å². The van der Waals surface area contributed by atoms with E-state index in [2.05, 4.69) is 10.1 Å². The SMILES string of the molecule is NCC1CNCC(C(F)(F)F)O1. The van der Waals surface area contributed by atoms with Crippen LogP contribution < -0.4 is 11.1 Å². The molecule has 0 aromatic heterocycles. The van der Waals surface area contributed by atoms with Crippen molar-refractivity contribution in [3.8, 4) is 0 Å². The molecule has 1 aliphatic rings. The second kappa shape index (κ2) is 3.59. The van der Waals surface area contributed by atoms with Crippen LogP contribution in [0.15, 0.2) is 0 Å². The molecule has 3 nitrogen and oxygen atoms in total. The Morgan fingerprint density at radius 2 is 2.08 bits per heavy atom. The normalized spacial score (nSPS) is 32.0. The Labute approximate surface area is 68.1 Å². The number of morpholine rings is 1. The Bertz CT molecular complexity index is 150. The van der Waals surface area contributed by atoms with Gasteiger partial charge in [0.1, 0.15) is 0 Å². The molecule has 1 fully saturated rings. The van der Waals surface area contributed by atoms with Crippen LogP contribution >= 0.6 is 0 Å². The third kappa shape index (κ3) is 2.33. The Morgan fingerprint density at radius 3 is 2.58 bits per heavy atom. The zero-order valence-corrected chi connectivity index (χ0v) is 6.40. The Morgan fingerprint density at radius 1 is 1.42 bits per heavy atom. The van der Waals surface area contributed by atoms with E-state index in [1.165, 1.54) is 0 Å². The fraction of sp³-hybridized carbons (Fsp3) is 1.00. The van der Waals surface area contributed by atoms with Gasteiger partial charge in [-0.3, -0.25) is 0 Å². The van der Waals surface area contributed by atoms with Crippen LogP contribution in [0.2, 0.25) is 0 Å². The van der Waals surface area contributed by atoms with Crippen LogP contribution in [0.5, 0.6) is 0 Å². The molecule has 0 aromatic carbocycles. The molecule has 0 amide bonds. The Kier molecular flexibility index (Phi) is 2.92. The first kappa shape index (κ1) is 9.76. The summed E-state index contributed by atoms with van der Waals surface area (Å²) < 4.78 is 40.8. The number of hydrogen-bond acceptors (Lipinski definition) is 3. The van der Waals surface area contributed by atoms with E-state index in [0.29, 0.717) is 6.54 Å². The van der Waals surface area contributed by atoms with E-state index in [1.807, 2.05) is 0 Å². The largest absolute Gasteiger partial charge is 0.415 e. The Hall–Kier alpha value is -0.330. The number of nitrogens with one attached hydrogen (secondary N) is 1. The van der Waals surface area contributed by atoms with Gasteiger partial charge in [0.05, 0.1) is 6.10 Å². The summed E-state index contributed by atoms with van der Waals surface area (Å²) in [6.45, 7) is 0.322. The maximum Gasteiger partial charge on any atom is 0.415 e. The van der Waals surface area contributed by atoms with Crippen molar-refractivity contribution in [2.75, 3.05) is 19.6 Å². The maximum absolute atomic E-state index is 12.0. The van der Waals surface area contributed by atoms with Gasteiger partial charge in [-0.05, 0) is 0 Å². The summed E-state index contributed by atoms with van der Waals surface area (Å²) >= 11 is 0. The summed E-state index contributed by atoms with van der Waals surface area (Å²) in [6.07, 6.45) is -6.52. The lowest BCUT2D eigenvalue weighted by Crippen LogP contribution is -2.53. The topological polar surface area (TPSA) is 47.3 Å². The molecule has 2 atom stereocenters. The lowest BCUT2D eigenvalue weighted by atomic mass is 10.2. The van der Waals surface area contributed by atoms with E-state index >= 15 is 0 Å². The monoisotopic (exact) mass is 184 g/mol. The van der Waals surface area contributed by atoms with Crippen molar-refractivity contribution in [3.05, 3.63) is 0 Å². The standard InChI is InChI=1S/C6H11F3N2O/c7-6(8,9)5-3-11-2-4(1-10)12-5/h4-5,11H,1-3,10H2. The molecule has 2 unspecified atom stereocenters. The lowest BCUT2D eigenvalue weighted by Gasteiger charge is -2.31. The molecule has 0 saturated carbocycles. The highest BCUT2D eigenvalue weighted by atomic mass is 19.4. The minimum absolute atomic E-state index is 0.111. The van der Waals surface area contributed by atoms with E-state index in [-0.39, 0.29) is 13.1 Å². The van der Waals surface area contributed by atoms with Crippen molar-refractivity contribution in [2.24, 2.45) is 5.73 Å². The van der Waals surface area contributed by atoms with Crippen LogP contribution in [0, 0.1) is 0 Å². The van der Waals surface area contributed by atoms with Gasteiger partial charge in [0.2, 0.25) is 0 Å². The fourth-order valence-corrected chi connectivity index (χ4v) is 1.04. The number of nitrogens with two attached hydrogens (primary N) is 1. The van der Waals surface area contributed by atoms with Crippen molar-refractivity contribution in [1.29, 1.82) is 0 Å². The minimum Gasteiger partial charge on any atom is -0.362 e. The molecule has 0 bridgehead atoms. The number of rotatable bonds is 1. The highest BCUT2D eigenvalue weighted by Gasteiger charge is 2.43. The predicted octanol–water partition coefficient (Wildman–Crippen LogP) is -0.136. The third-order valence-electron chi connectivity index (χ3n) is 1.69. The highest BCUT2D eigenvalue weighted by molar-refractivity contribution is 4.79. The van der Waals surface area contributed by atoms with Crippen LogP contribution in [-0.2, 0) is 4.74 Å². The smallest absolute Gasteiger partial charge is 0.362 e. The minimum atomic E-state index is -4.29. The number of ether oxygens (including phenoxy) is 1. The van der Waals surface area contributed by atoms with Gasteiger partial charge in [-0.2, -0.15) is 13.2 Å². The summed E-state index contributed by atoms with van der Waals surface area (Å²) in [5.74, 6) is 0. The van der Waals surface area contributed by atoms with Crippen LogP contribution in [-0.4, -0.2) is 38.0 Å². The summed E-state index contributed by atoms with van der Waals surface area (Å²) in [6, 6.07) is 0. The molecule has 0 aliphatic carbocycles. The molecule has 0 radical (unpaired) electrons. The van der Waals surface area contributed by atoms with E-state index in [4.69, 9.17) is 5.73 Å². The maximum atomic E-state index is 12.0. The molecule has 3 N–H and O–H groups in total. The van der Waals surface area contributed by atoms with Crippen molar-refractivity contribution >= 4 is 0 Å². The van der Waals surface area contributed by atoms with Crippen molar-refractivity contribution in [1.82, 2.24) is 5.32 Å². The number of halogens is 3. The average molecular weight is 184 g/mol. The van der Waals surface area contributed by atoms with Crippen LogP contribution in [0.1, 0.15) is 0 Å². The average Bonchev–Trinajstić information content (AvgIpc) is 2.03. The zero-order chi connectivity index (χ0) is 9.19. The molecule has 0 aromatic rings. The molecule has 12 heavy (non-hydrogen) atoms.